The fourth-order valence-electron chi connectivity index (χ4n) is 2.82. The first kappa shape index (κ1) is 20.7. The van der Waals surface area contributed by atoms with E-state index in [1.165, 1.54) is 0 Å². The van der Waals surface area contributed by atoms with Crippen LogP contribution < -0.4 is 5.32 Å². The zero-order chi connectivity index (χ0) is 18.2. The number of rotatable bonds is 7. The first-order valence-corrected chi connectivity index (χ1v) is 9.18. The quantitative estimate of drug-likeness (QED) is 0.773. The zero-order valence-electron chi connectivity index (χ0n) is 16.1. The lowest BCUT2D eigenvalue weighted by Crippen LogP contribution is -2.51. The Balaban J connectivity index is 2.18. The molecule has 0 saturated carbocycles. The largest absolute Gasteiger partial charge is 0.444 e. The van der Waals surface area contributed by atoms with E-state index in [0.29, 0.717) is 32.0 Å². The molecule has 1 unspecified atom stereocenters. The summed E-state index contributed by atoms with van der Waals surface area (Å²) in [6.07, 6.45) is 2.59. The van der Waals surface area contributed by atoms with Crippen molar-refractivity contribution in [2.24, 2.45) is 5.92 Å². The fraction of sp³-hybridized carbons (Fsp3) is 0.889. The van der Waals surface area contributed by atoms with Crippen molar-refractivity contribution >= 4 is 12.0 Å². The molecule has 0 aliphatic carbocycles. The lowest BCUT2D eigenvalue weighted by Gasteiger charge is -2.35. The van der Waals surface area contributed by atoms with Gasteiger partial charge in [0.2, 0.25) is 5.91 Å². The van der Waals surface area contributed by atoms with Crippen molar-refractivity contribution in [2.45, 2.75) is 59.5 Å². The number of nitrogens with zero attached hydrogens (tertiary/aromatic N) is 2. The van der Waals surface area contributed by atoms with E-state index in [2.05, 4.69) is 24.1 Å². The molecular formula is C18H35N3O3. The van der Waals surface area contributed by atoms with Crippen LogP contribution in [0, 0.1) is 5.92 Å². The summed E-state index contributed by atoms with van der Waals surface area (Å²) in [7, 11) is 0. The van der Waals surface area contributed by atoms with Gasteiger partial charge in [-0.25, -0.2) is 4.79 Å². The molecular weight excluding hydrogens is 306 g/mol. The predicted octanol–water partition coefficient (Wildman–Crippen LogP) is 2.48. The molecule has 1 saturated heterocycles. The average Bonchev–Trinajstić information content (AvgIpc) is 2.46. The van der Waals surface area contributed by atoms with Crippen LogP contribution in [0.3, 0.4) is 0 Å². The van der Waals surface area contributed by atoms with Crippen LogP contribution in [0.25, 0.3) is 0 Å². The third-order valence-corrected chi connectivity index (χ3v) is 4.09. The van der Waals surface area contributed by atoms with Crippen LogP contribution in [0.15, 0.2) is 0 Å². The molecule has 0 aromatic carbocycles. The molecule has 1 N–H and O–H groups in total. The van der Waals surface area contributed by atoms with Gasteiger partial charge in [0, 0.05) is 45.7 Å². The molecule has 0 aromatic heterocycles. The number of ether oxygens (including phenoxy) is 1. The molecule has 24 heavy (non-hydrogen) atoms. The smallest absolute Gasteiger partial charge is 0.410 e. The van der Waals surface area contributed by atoms with Gasteiger partial charge in [-0.1, -0.05) is 26.7 Å². The summed E-state index contributed by atoms with van der Waals surface area (Å²) in [5, 5.41) is 3.00. The van der Waals surface area contributed by atoms with Gasteiger partial charge in [-0.05, 0) is 26.7 Å². The van der Waals surface area contributed by atoms with Crippen molar-refractivity contribution in [1.82, 2.24) is 15.1 Å². The van der Waals surface area contributed by atoms with Gasteiger partial charge in [0.05, 0.1) is 0 Å². The lowest BCUT2D eigenvalue weighted by atomic mass is 10.0. The molecule has 6 nitrogen and oxygen atoms in total. The fourth-order valence-corrected chi connectivity index (χ4v) is 2.82. The monoisotopic (exact) mass is 341 g/mol. The van der Waals surface area contributed by atoms with E-state index >= 15 is 0 Å². The Kier molecular flexibility index (Phi) is 8.53. The molecule has 1 rings (SSSR count). The highest BCUT2D eigenvalue weighted by atomic mass is 16.6. The molecule has 140 valence electrons. The van der Waals surface area contributed by atoms with E-state index in [9.17, 15) is 9.59 Å². The van der Waals surface area contributed by atoms with Gasteiger partial charge in [0.1, 0.15) is 5.60 Å². The number of carbonyl (C=O) groups excluding carboxylic acids is 2. The molecule has 6 heteroatoms. The summed E-state index contributed by atoms with van der Waals surface area (Å²) in [5.74, 6) is 0.593. The van der Waals surface area contributed by atoms with E-state index < -0.39 is 5.60 Å². The van der Waals surface area contributed by atoms with Crippen molar-refractivity contribution in [1.29, 1.82) is 0 Å². The van der Waals surface area contributed by atoms with Gasteiger partial charge in [-0.15, -0.1) is 0 Å². The molecule has 1 heterocycles. The maximum Gasteiger partial charge on any atom is 0.410 e. The predicted molar refractivity (Wildman–Crippen MR) is 95.9 cm³/mol. The second-order valence-corrected chi connectivity index (χ2v) is 7.76. The maximum atomic E-state index is 12.0. The highest BCUT2D eigenvalue weighted by molar-refractivity contribution is 5.76. The van der Waals surface area contributed by atoms with E-state index in [1.54, 1.807) is 4.90 Å². The summed E-state index contributed by atoms with van der Waals surface area (Å²) >= 11 is 0. The second-order valence-electron chi connectivity index (χ2n) is 7.76. The number of hydrogen-bond donors (Lipinski definition) is 1. The van der Waals surface area contributed by atoms with Crippen molar-refractivity contribution in [3.05, 3.63) is 0 Å². The second kappa shape index (κ2) is 9.87. The van der Waals surface area contributed by atoms with Crippen molar-refractivity contribution in [3.63, 3.8) is 0 Å². The Labute approximate surface area is 146 Å². The van der Waals surface area contributed by atoms with Gasteiger partial charge < -0.3 is 15.0 Å². The van der Waals surface area contributed by atoms with Crippen molar-refractivity contribution < 1.29 is 14.3 Å². The van der Waals surface area contributed by atoms with E-state index in [4.69, 9.17) is 4.74 Å². The van der Waals surface area contributed by atoms with Gasteiger partial charge in [0.15, 0.2) is 0 Å². The minimum absolute atomic E-state index is 0.142. The van der Waals surface area contributed by atoms with Gasteiger partial charge in [0.25, 0.3) is 0 Å². The Morgan fingerprint density at radius 1 is 1.17 bits per heavy atom. The minimum atomic E-state index is -0.451. The third-order valence-electron chi connectivity index (χ3n) is 4.09. The summed E-state index contributed by atoms with van der Waals surface area (Å²) in [5.41, 5.74) is -0.451. The van der Waals surface area contributed by atoms with Crippen LogP contribution in [0.2, 0.25) is 0 Å². The summed E-state index contributed by atoms with van der Waals surface area (Å²) in [6, 6.07) is 0. The van der Waals surface area contributed by atoms with Gasteiger partial charge in [-0.3, -0.25) is 9.69 Å². The van der Waals surface area contributed by atoms with Gasteiger partial charge in [-0.2, -0.15) is 0 Å². The summed E-state index contributed by atoms with van der Waals surface area (Å²) < 4.78 is 5.39. The molecule has 0 radical (unpaired) electrons. The Morgan fingerprint density at radius 2 is 1.79 bits per heavy atom. The van der Waals surface area contributed by atoms with Crippen LogP contribution in [-0.2, 0) is 9.53 Å². The summed E-state index contributed by atoms with van der Waals surface area (Å²) in [6.45, 7) is 14.4. The SMILES string of the molecule is CCCC(C)CC(=O)NCCN1CCN(C(=O)OC(C)(C)C)CC1. The molecule has 1 aliphatic rings. The highest BCUT2D eigenvalue weighted by Crippen LogP contribution is 2.12. The first-order valence-electron chi connectivity index (χ1n) is 9.18. The number of hydrogen-bond acceptors (Lipinski definition) is 4. The Hall–Kier alpha value is -1.30. The Morgan fingerprint density at radius 3 is 2.33 bits per heavy atom. The Bertz CT molecular complexity index is 399. The molecule has 1 fully saturated rings. The number of amides is 2. The van der Waals surface area contributed by atoms with Crippen LogP contribution >= 0.6 is 0 Å². The molecule has 0 aromatic rings. The number of piperazine rings is 1. The molecule has 2 amide bonds. The maximum absolute atomic E-state index is 12.0. The van der Waals surface area contributed by atoms with Crippen LogP contribution in [0.4, 0.5) is 4.79 Å². The van der Waals surface area contributed by atoms with Crippen molar-refractivity contribution in [3.8, 4) is 0 Å². The third kappa shape index (κ3) is 8.52. The van der Waals surface area contributed by atoms with Crippen LogP contribution in [0.1, 0.15) is 53.9 Å². The molecule has 0 bridgehead atoms. The minimum Gasteiger partial charge on any atom is -0.444 e. The van der Waals surface area contributed by atoms with Crippen LogP contribution in [-0.4, -0.2) is 66.7 Å². The number of carbonyl (C=O) groups is 2. The highest BCUT2D eigenvalue weighted by Gasteiger charge is 2.25. The standard InChI is InChI=1S/C18H35N3O3/c1-6-7-15(2)14-16(22)19-8-9-20-10-12-21(13-11-20)17(23)24-18(3,4)5/h15H,6-14H2,1-5H3,(H,19,22). The number of nitrogens with one attached hydrogen (secondary N) is 1. The van der Waals surface area contributed by atoms with E-state index in [-0.39, 0.29) is 12.0 Å². The van der Waals surface area contributed by atoms with Gasteiger partial charge >= 0.3 is 6.09 Å². The van der Waals surface area contributed by atoms with Crippen LogP contribution in [0.5, 0.6) is 0 Å². The molecule has 1 aliphatic heterocycles. The molecule has 1 atom stereocenters. The van der Waals surface area contributed by atoms with E-state index in [0.717, 1.165) is 32.5 Å². The van der Waals surface area contributed by atoms with Crippen molar-refractivity contribution in [2.75, 3.05) is 39.3 Å². The summed E-state index contributed by atoms with van der Waals surface area (Å²) in [4.78, 5) is 27.9. The molecule has 0 spiro atoms. The first-order chi connectivity index (χ1) is 11.2. The topological polar surface area (TPSA) is 61.9 Å². The zero-order valence-corrected chi connectivity index (χ0v) is 16.1. The van der Waals surface area contributed by atoms with E-state index in [1.807, 2.05) is 20.8 Å². The normalized spacial score (nSPS) is 17.5. The average molecular weight is 341 g/mol. The lowest BCUT2D eigenvalue weighted by molar-refractivity contribution is -0.122.